The molecule has 0 unspecified atom stereocenters. The number of carbonyl (C=O) groups is 2. The topological polar surface area (TPSA) is 92.9 Å². The Labute approximate surface area is 130 Å². The molecule has 0 radical (unpaired) electrons. The highest BCUT2D eigenvalue weighted by Gasteiger charge is 2.17. The Kier molecular flexibility index (Phi) is 7.22. The van der Waals surface area contributed by atoms with E-state index in [1.54, 1.807) is 18.2 Å². The summed E-state index contributed by atoms with van der Waals surface area (Å²) in [6.45, 7) is 5.21. The third-order valence-corrected chi connectivity index (χ3v) is 3.09. The van der Waals surface area contributed by atoms with Crippen molar-refractivity contribution in [1.82, 2.24) is 4.90 Å². The Morgan fingerprint density at radius 3 is 2.50 bits per heavy atom. The zero-order chi connectivity index (χ0) is 16.5. The van der Waals surface area contributed by atoms with E-state index in [1.807, 2.05) is 13.8 Å². The van der Waals surface area contributed by atoms with E-state index >= 15 is 0 Å². The standard InChI is InChI=1S/C16H24N2O4/c1-3-8-18(9-7-15(19)20)16(21)12-5-6-14(13(17)11-12)22-10-4-2/h5-6,11H,3-4,7-10,17H2,1-2H3,(H,19,20). The zero-order valence-electron chi connectivity index (χ0n) is 13.2. The number of carboxylic acids is 1. The maximum atomic E-state index is 12.5. The molecule has 0 aromatic heterocycles. The first-order valence-electron chi connectivity index (χ1n) is 7.53. The molecule has 6 heteroatoms. The van der Waals surface area contributed by atoms with E-state index in [4.69, 9.17) is 15.6 Å². The van der Waals surface area contributed by atoms with Crippen molar-refractivity contribution >= 4 is 17.6 Å². The average Bonchev–Trinajstić information content (AvgIpc) is 2.49. The maximum Gasteiger partial charge on any atom is 0.305 e. The summed E-state index contributed by atoms with van der Waals surface area (Å²) < 4.78 is 5.48. The Morgan fingerprint density at radius 1 is 1.23 bits per heavy atom. The predicted molar refractivity (Wildman–Crippen MR) is 85.1 cm³/mol. The molecule has 0 saturated carbocycles. The fourth-order valence-electron chi connectivity index (χ4n) is 2.02. The molecule has 0 saturated heterocycles. The molecule has 0 heterocycles. The number of benzene rings is 1. The van der Waals surface area contributed by atoms with Crippen molar-refractivity contribution < 1.29 is 19.4 Å². The smallest absolute Gasteiger partial charge is 0.305 e. The number of carboxylic acid groups (broad SMARTS) is 1. The maximum absolute atomic E-state index is 12.5. The van der Waals surface area contributed by atoms with Crippen molar-refractivity contribution in [3.8, 4) is 5.75 Å². The van der Waals surface area contributed by atoms with Gasteiger partial charge in [-0.05, 0) is 31.0 Å². The number of anilines is 1. The number of rotatable bonds is 9. The minimum atomic E-state index is -0.920. The van der Waals surface area contributed by atoms with Gasteiger partial charge in [-0.2, -0.15) is 0 Å². The van der Waals surface area contributed by atoms with Gasteiger partial charge in [0.15, 0.2) is 0 Å². The summed E-state index contributed by atoms with van der Waals surface area (Å²) in [6, 6.07) is 4.92. The molecule has 0 fully saturated rings. The lowest BCUT2D eigenvalue weighted by Crippen LogP contribution is -2.33. The Hall–Kier alpha value is -2.24. The van der Waals surface area contributed by atoms with Crippen LogP contribution in [0.25, 0.3) is 0 Å². The molecule has 0 aliphatic carbocycles. The quantitative estimate of drug-likeness (QED) is 0.683. The summed E-state index contributed by atoms with van der Waals surface area (Å²) in [7, 11) is 0. The third kappa shape index (κ3) is 5.27. The second kappa shape index (κ2) is 8.92. The van der Waals surface area contributed by atoms with Gasteiger partial charge in [0, 0.05) is 18.7 Å². The summed E-state index contributed by atoms with van der Waals surface area (Å²) >= 11 is 0. The van der Waals surface area contributed by atoms with Crippen molar-refractivity contribution in [3.05, 3.63) is 23.8 Å². The van der Waals surface area contributed by atoms with Crippen LogP contribution in [-0.4, -0.2) is 41.6 Å². The average molecular weight is 308 g/mol. The van der Waals surface area contributed by atoms with E-state index in [9.17, 15) is 9.59 Å². The van der Waals surface area contributed by atoms with Gasteiger partial charge in [-0.3, -0.25) is 9.59 Å². The van der Waals surface area contributed by atoms with E-state index in [2.05, 4.69) is 0 Å². The largest absolute Gasteiger partial charge is 0.491 e. The monoisotopic (exact) mass is 308 g/mol. The lowest BCUT2D eigenvalue weighted by atomic mass is 10.1. The number of hydrogen-bond acceptors (Lipinski definition) is 4. The number of hydrogen-bond donors (Lipinski definition) is 2. The van der Waals surface area contributed by atoms with Crippen LogP contribution in [0.4, 0.5) is 5.69 Å². The summed E-state index contributed by atoms with van der Waals surface area (Å²) in [6.07, 6.45) is 1.57. The molecule has 0 bridgehead atoms. The number of ether oxygens (including phenoxy) is 1. The molecule has 6 nitrogen and oxygen atoms in total. The fraction of sp³-hybridized carbons (Fsp3) is 0.500. The highest BCUT2D eigenvalue weighted by Crippen LogP contribution is 2.23. The van der Waals surface area contributed by atoms with E-state index in [1.165, 1.54) is 4.90 Å². The molecule has 1 aromatic carbocycles. The van der Waals surface area contributed by atoms with Crippen molar-refractivity contribution in [2.45, 2.75) is 33.1 Å². The van der Waals surface area contributed by atoms with Crippen molar-refractivity contribution in [2.24, 2.45) is 0 Å². The number of nitrogens with zero attached hydrogens (tertiary/aromatic N) is 1. The molecule has 22 heavy (non-hydrogen) atoms. The molecule has 0 atom stereocenters. The van der Waals surface area contributed by atoms with Gasteiger partial charge in [0.05, 0.1) is 18.7 Å². The Balaban J connectivity index is 2.84. The van der Waals surface area contributed by atoms with Gasteiger partial charge in [0.25, 0.3) is 5.91 Å². The first kappa shape index (κ1) is 17.8. The number of nitrogen functional groups attached to an aromatic ring is 1. The highest BCUT2D eigenvalue weighted by atomic mass is 16.5. The van der Waals surface area contributed by atoms with Crippen molar-refractivity contribution in [2.75, 3.05) is 25.4 Å². The first-order chi connectivity index (χ1) is 10.5. The van der Waals surface area contributed by atoms with Crippen LogP contribution >= 0.6 is 0 Å². The minimum Gasteiger partial charge on any atom is -0.491 e. The molecule has 1 amide bonds. The number of carbonyl (C=O) groups excluding carboxylic acids is 1. The van der Waals surface area contributed by atoms with Crippen molar-refractivity contribution in [1.29, 1.82) is 0 Å². The van der Waals surface area contributed by atoms with Gasteiger partial charge in [-0.1, -0.05) is 13.8 Å². The predicted octanol–water partition coefficient (Wildman–Crippen LogP) is 2.38. The van der Waals surface area contributed by atoms with Gasteiger partial charge >= 0.3 is 5.97 Å². The molecule has 1 aromatic rings. The van der Waals surface area contributed by atoms with Crippen LogP contribution in [0.15, 0.2) is 18.2 Å². The molecular weight excluding hydrogens is 284 g/mol. The second-order valence-corrected chi connectivity index (χ2v) is 5.04. The Morgan fingerprint density at radius 2 is 1.95 bits per heavy atom. The first-order valence-corrected chi connectivity index (χ1v) is 7.53. The normalized spacial score (nSPS) is 10.3. The van der Waals surface area contributed by atoms with Crippen LogP contribution in [0.5, 0.6) is 5.75 Å². The molecule has 0 spiro atoms. The van der Waals surface area contributed by atoms with Crippen LogP contribution in [0, 0.1) is 0 Å². The molecule has 0 aliphatic heterocycles. The molecule has 1 rings (SSSR count). The fourth-order valence-corrected chi connectivity index (χ4v) is 2.02. The Bertz CT molecular complexity index is 517. The number of amides is 1. The lowest BCUT2D eigenvalue weighted by molar-refractivity contribution is -0.137. The number of aliphatic carboxylic acids is 1. The SMILES string of the molecule is CCCOc1ccc(C(=O)N(CCC)CCC(=O)O)cc1N. The molecule has 3 N–H and O–H groups in total. The van der Waals surface area contributed by atoms with E-state index in [0.29, 0.717) is 30.2 Å². The van der Waals surface area contributed by atoms with Crippen LogP contribution in [0.2, 0.25) is 0 Å². The van der Waals surface area contributed by atoms with Crippen LogP contribution < -0.4 is 10.5 Å². The highest BCUT2D eigenvalue weighted by molar-refractivity contribution is 5.95. The molecule has 0 aliphatic rings. The van der Waals surface area contributed by atoms with Gasteiger partial charge < -0.3 is 20.5 Å². The third-order valence-electron chi connectivity index (χ3n) is 3.09. The molecule has 122 valence electrons. The summed E-state index contributed by atoms with van der Waals surface area (Å²) in [5, 5.41) is 8.77. The lowest BCUT2D eigenvalue weighted by Gasteiger charge is -2.21. The zero-order valence-corrected chi connectivity index (χ0v) is 13.2. The van der Waals surface area contributed by atoms with Crippen LogP contribution in [0.1, 0.15) is 43.5 Å². The molecular formula is C16H24N2O4. The van der Waals surface area contributed by atoms with Gasteiger partial charge in [-0.25, -0.2) is 0 Å². The second-order valence-electron chi connectivity index (χ2n) is 5.04. The summed E-state index contributed by atoms with van der Waals surface area (Å²) in [5.74, 6) is -0.570. The van der Waals surface area contributed by atoms with Gasteiger partial charge in [0.2, 0.25) is 0 Å². The van der Waals surface area contributed by atoms with E-state index < -0.39 is 5.97 Å². The van der Waals surface area contributed by atoms with Gasteiger partial charge in [-0.15, -0.1) is 0 Å². The van der Waals surface area contributed by atoms with Crippen LogP contribution in [0.3, 0.4) is 0 Å². The van der Waals surface area contributed by atoms with Crippen molar-refractivity contribution in [3.63, 3.8) is 0 Å². The van der Waals surface area contributed by atoms with Crippen LogP contribution in [-0.2, 0) is 4.79 Å². The minimum absolute atomic E-state index is 0.0705. The number of nitrogens with two attached hydrogens (primary N) is 1. The summed E-state index contributed by atoms with van der Waals surface area (Å²) in [4.78, 5) is 24.7. The van der Waals surface area contributed by atoms with E-state index in [-0.39, 0.29) is 18.9 Å². The van der Waals surface area contributed by atoms with Gasteiger partial charge in [0.1, 0.15) is 5.75 Å². The summed E-state index contributed by atoms with van der Waals surface area (Å²) in [5.41, 5.74) is 6.76. The van der Waals surface area contributed by atoms with E-state index in [0.717, 1.165) is 12.8 Å².